The van der Waals surface area contributed by atoms with Crippen molar-refractivity contribution in [3.05, 3.63) is 142 Å². The second-order valence-corrected chi connectivity index (χ2v) is 19.2. The minimum atomic E-state index is -0.0694. The third-order valence-corrected chi connectivity index (χ3v) is 14.4. The number of hydrogen-bond donors (Lipinski definition) is 0. The first-order chi connectivity index (χ1) is 26.5. The summed E-state index contributed by atoms with van der Waals surface area (Å²) in [5.41, 5.74) is 11.9. The number of aryl methyl sites for hydroxylation is 1. The topological polar surface area (TPSA) is 49.8 Å². The van der Waals surface area contributed by atoms with Gasteiger partial charge in [0.25, 0.3) is 0 Å². The van der Waals surface area contributed by atoms with Crippen molar-refractivity contribution in [2.45, 2.75) is 85.5 Å². The molecule has 4 heterocycles. The molecule has 0 N–H and O–H groups in total. The van der Waals surface area contributed by atoms with Crippen LogP contribution in [0.5, 0.6) is 11.5 Å². The summed E-state index contributed by atoms with van der Waals surface area (Å²) in [5, 5.41) is 2.50. The van der Waals surface area contributed by atoms with Gasteiger partial charge in [0.2, 0.25) is 0 Å². The van der Waals surface area contributed by atoms with Crippen LogP contribution in [0, 0.1) is 16.1 Å². The van der Waals surface area contributed by atoms with E-state index in [2.05, 4.69) is 199 Å². The van der Waals surface area contributed by atoms with E-state index in [0.29, 0.717) is 5.75 Å². The maximum absolute atomic E-state index is 6.73. The van der Waals surface area contributed by atoms with Crippen LogP contribution in [0.15, 0.2) is 116 Å². The summed E-state index contributed by atoms with van der Waals surface area (Å²) < 4.78 is 14.7. The fourth-order valence-electron chi connectivity index (χ4n) is 9.08. The summed E-state index contributed by atoms with van der Waals surface area (Å²) >= 11 is 2.43. The van der Waals surface area contributed by atoms with E-state index in [-0.39, 0.29) is 21.7 Å². The summed E-state index contributed by atoms with van der Waals surface area (Å²) in [5.74, 6) is 2.31. The SMILES string of the molecule is Cc1ccnc(-n2c3cc(Oc4cncc(-n5[c](=[Pt])n(-c6ccc(C(C)(C)C)cc6)c6ccccc65)c4)ccc3c3c4c(ccc32)C(C)(C)C(C)(C)C4(C)C)c1. The Bertz CT molecular complexity index is 2930. The molecule has 7 heteroatoms. The number of benzene rings is 4. The van der Waals surface area contributed by atoms with Gasteiger partial charge >= 0.3 is 248 Å². The molecule has 0 atom stereocenters. The van der Waals surface area contributed by atoms with Crippen LogP contribution in [0.4, 0.5) is 0 Å². The Balaban J connectivity index is 1.18. The van der Waals surface area contributed by atoms with Crippen molar-refractivity contribution in [2.24, 2.45) is 5.41 Å². The van der Waals surface area contributed by atoms with Crippen molar-refractivity contribution in [2.75, 3.05) is 0 Å². The summed E-state index contributed by atoms with van der Waals surface area (Å²) in [6, 6.07) is 34.9. The standard InChI is InChI=1S/C49H49N5O.Pt/c1-31-23-24-51-43(25-31)54-41-22-21-38-45(48(7,8)49(9,10)47(38,5)6)44(41)37-20-19-35(27-42(37)54)55-36-26-34(28-50-29-36)53-30-52(39-13-11-12-14-40(39)53)33-17-15-32(16-18-33)46(2,3)4;/h11-29H,1-10H3;. The predicted octanol–water partition coefficient (Wildman–Crippen LogP) is 12.4. The minimum absolute atomic E-state index is 0.00381. The van der Waals surface area contributed by atoms with E-state index in [9.17, 15) is 0 Å². The molecular formula is C49H49N5OPt. The van der Waals surface area contributed by atoms with Gasteiger partial charge in [-0.1, -0.05) is 47.6 Å². The van der Waals surface area contributed by atoms with Crippen LogP contribution in [-0.4, -0.2) is 23.7 Å². The van der Waals surface area contributed by atoms with Gasteiger partial charge in [-0.15, -0.1) is 0 Å². The summed E-state index contributed by atoms with van der Waals surface area (Å²) in [6.07, 6.45) is 5.61. The molecule has 4 aromatic carbocycles. The summed E-state index contributed by atoms with van der Waals surface area (Å²) in [7, 11) is 0. The zero-order valence-electron chi connectivity index (χ0n) is 33.9. The van der Waals surface area contributed by atoms with Gasteiger partial charge in [-0.25, -0.2) is 0 Å². The van der Waals surface area contributed by atoms with E-state index < -0.39 is 0 Å². The van der Waals surface area contributed by atoms with Crippen LogP contribution in [0.25, 0.3) is 50.0 Å². The third-order valence-electron chi connectivity index (χ3n) is 13.3. The van der Waals surface area contributed by atoms with Crippen molar-refractivity contribution in [3.8, 4) is 28.7 Å². The van der Waals surface area contributed by atoms with E-state index in [4.69, 9.17) is 14.7 Å². The molecule has 0 bridgehead atoms. The number of nitrogens with zero attached hydrogens (tertiary/aromatic N) is 5. The minimum Gasteiger partial charge on any atom is -0.0582 e. The fourth-order valence-corrected chi connectivity index (χ4v) is 10.2. The number of imidazole rings is 1. The van der Waals surface area contributed by atoms with Crippen molar-refractivity contribution in [1.82, 2.24) is 23.7 Å². The summed E-state index contributed by atoms with van der Waals surface area (Å²) in [6.45, 7) is 23.4. The van der Waals surface area contributed by atoms with Gasteiger partial charge in [-0.05, 0) is 40.4 Å². The Labute approximate surface area is 340 Å². The van der Waals surface area contributed by atoms with E-state index >= 15 is 0 Å². The molecule has 56 heavy (non-hydrogen) atoms. The molecular weight excluding hydrogens is 870 g/mol. The van der Waals surface area contributed by atoms with Gasteiger partial charge in [0.1, 0.15) is 0 Å². The molecule has 6 nitrogen and oxygen atoms in total. The average molecular weight is 919 g/mol. The van der Waals surface area contributed by atoms with E-state index in [1.54, 1.807) is 6.20 Å². The molecule has 0 radical (unpaired) electrons. The fraction of sp³-hybridized carbons (Fsp3) is 0.286. The van der Waals surface area contributed by atoms with Gasteiger partial charge in [-0.2, -0.15) is 0 Å². The molecule has 0 spiro atoms. The van der Waals surface area contributed by atoms with E-state index in [1.807, 2.05) is 12.4 Å². The van der Waals surface area contributed by atoms with Crippen LogP contribution < -0.4 is 4.74 Å². The molecule has 0 aliphatic heterocycles. The zero-order valence-corrected chi connectivity index (χ0v) is 36.2. The first-order valence-corrected chi connectivity index (χ1v) is 20.6. The third kappa shape index (κ3) is 5.28. The molecule has 0 saturated carbocycles. The van der Waals surface area contributed by atoms with Crippen molar-refractivity contribution >= 4 is 32.8 Å². The van der Waals surface area contributed by atoms with Gasteiger partial charge in [0.05, 0.1) is 0 Å². The normalized spacial score (nSPS) is 15.9. The number of aromatic nitrogens is 5. The Kier molecular flexibility index (Phi) is 8.14. The Hall–Kier alpha value is -5.06. The smallest absolute Gasteiger partial charge is 0.0582 e. The van der Waals surface area contributed by atoms with Gasteiger partial charge in [-0.3, -0.25) is 0 Å². The molecule has 286 valence electrons. The molecule has 9 rings (SSSR count). The molecule has 4 aromatic heterocycles. The quantitative estimate of drug-likeness (QED) is 0.173. The first kappa shape index (κ1) is 36.6. The molecule has 0 unspecified atom stereocenters. The van der Waals surface area contributed by atoms with Crippen molar-refractivity contribution < 1.29 is 24.1 Å². The van der Waals surface area contributed by atoms with Crippen molar-refractivity contribution in [1.29, 1.82) is 0 Å². The number of pyridine rings is 2. The molecule has 0 saturated heterocycles. The molecule has 0 fully saturated rings. The molecule has 0 amide bonds. The van der Waals surface area contributed by atoms with E-state index in [1.165, 1.54) is 33.0 Å². The second kappa shape index (κ2) is 12.5. The number of para-hydroxylation sites is 2. The van der Waals surface area contributed by atoms with Gasteiger partial charge in [0.15, 0.2) is 0 Å². The number of fused-ring (bicyclic) bond motifs is 6. The summed E-state index contributed by atoms with van der Waals surface area (Å²) in [4.78, 5) is 9.61. The van der Waals surface area contributed by atoms with Gasteiger partial charge in [0, 0.05) is 6.20 Å². The Morgan fingerprint density at radius 2 is 1.34 bits per heavy atom. The zero-order chi connectivity index (χ0) is 39.5. The average Bonchev–Trinajstić information content (AvgIpc) is 3.68. The molecule has 1 aliphatic rings. The Morgan fingerprint density at radius 1 is 0.643 bits per heavy atom. The number of hydrogen-bond acceptors (Lipinski definition) is 3. The van der Waals surface area contributed by atoms with Crippen LogP contribution in [0.1, 0.15) is 84.6 Å². The first-order valence-electron chi connectivity index (χ1n) is 19.5. The van der Waals surface area contributed by atoms with Crippen LogP contribution in [0.2, 0.25) is 0 Å². The molecule has 1 aliphatic carbocycles. The second-order valence-electron chi connectivity index (χ2n) is 18.1. The number of ether oxygens (including phenoxy) is 1. The number of rotatable bonds is 5. The van der Waals surface area contributed by atoms with Gasteiger partial charge < -0.3 is 0 Å². The maximum atomic E-state index is 6.73. The van der Waals surface area contributed by atoms with E-state index in [0.717, 1.165) is 48.8 Å². The van der Waals surface area contributed by atoms with Crippen molar-refractivity contribution in [3.63, 3.8) is 0 Å². The van der Waals surface area contributed by atoms with Crippen LogP contribution in [-0.2, 0) is 35.6 Å². The Morgan fingerprint density at radius 3 is 2.02 bits per heavy atom. The molecule has 8 aromatic rings. The predicted molar refractivity (Wildman–Crippen MR) is 226 cm³/mol. The van der Waals surface area contributed by atoms with Crippen LogP contribution >= 0.6 is 0 Å². The van der Waals surface area contributed by atoms with Crippen LogP contribution in [0.3, 0.4) is 0 Å². The monoisotopic (exact) mass is 918 g/mol.